The van der Waals surface area contributed by atoms with Crippen LogP contribution in [0.1, 0.15) is 42.9 Å². The lowest BCUT2D eigenvalue weighted by Gasteiger charge is -2.22. The Hall–Kier alpha value is -4.17. The average Bonchev–Trinajstić information content (AvgIpc) is 3.58. The maximum Gasteiger partial charge on any atom is 0.315 e. The number of ether oxygens (including phenoxy) is 3. The van der Waals surface area contributed by atoms with Crippen LogP contribution in [-0.4, -0.2) is 52.8 Å². The smallest absolute Gasteiger partial charge is 0.315 e. The molecule has 1 aliphatic carbocycles. The molecule has 46 heavy (non-hydrogen) atoms. The molecule has 0 spiro atoms. The van der Waals surface area contributed by atoms with Crippen LogP contribution in [0.3, 0.4) is 0 Å². The fourth-order valence-electron chi connectivity index (χ4n) is 5.22. The lowest BCUT2D eigenvalue weighted by molar-refractivity contribution is 0.193. The van der Waals surface area contributed by atoms with Crippen molar-refractivity contribution in [2.24, 2.45) is 0 Å². The average molecular weight is 667 g/mol. The molecule has 5 rings (SSSR count). The zero-order valence-electron chi connectivity index (χ0n) is 25.9. The van der Waals surface area contributed by atoms with E-state index < -0.39 is 20.4 Å². The largest absolute Gasteiger partial charge is 0.493 e. The topological polar surface area (TPSA) is 136 Å². The van der Waals surface area contributed by atoms with Crippen molar-refractivity contribution in [3.63, 3.8) is 0 Å². The second-order valence-corrected chi connectivity index (χ2v) is 14.7. The molecule has 0 saturated heterocycles. The van der Waals surface area contributed by atoms with Gasteiger partial charge in [0.1, 0.15) is 11.9 Å². The van der Waals surface area contributed by atoms with Crippen molar-refractivity contribution in [3.05, 3.63) is 102 Å². The minimum atomic E-state index is -4.34. The SMILES string of the molecule is CNS(=O)(=O)N(C)S(=O)(=O)Nc1ccc(-c2ccc(OC(Cc3ccncc3)c3ccc(OC)c(OC4CCCC4)c3)cc2)cc1. The molecule has 2 N–H and O–H groups in total. The van der Waals surface area contributed by atoms with Gasteiger partial charge in [-0.2, -0.15) is 16.8 Å². The molecule has 4 aromatic rings. The van der Waals surface area contributed by atoms with Gasteiger partial charge >= 0.3 is 10.2 Å². The molecule has 0 aliphatic heterocycles. The first kappa shape index (κ1) is 33.2. The molecule has 1 heterocycles. The summed E-state index contributed by atoms with van der Waals surface area (Å²) in [4.78, 5) is 4.15. The number of benzene rings is 3. The predicted molar refractivity (Wildman–Crippen MR) is 177 cm³/mol. The Balaban J connectivity index is 1.33. The second kappa shape index (κ2) is 14.5. The standard InChI is InChI=1S/C33H38N4O7S2/c1-34-45(38,39)37(2)46(40,41)36-28-13-8-25(9-14-28)26-10-15-30(16-11-26)43-32(22-24-18-20-35-21-19-24)27-12-17-31(42-3)33(23-27)44-29-6-4-5-7-29/h8-21,23,29,32,34,36H,4-7,22H2,1-3H3. The zero-order chi connectivity index (χ0) is 32.7. The molecule has 1 unspecified atom stereocenters. The van der Waals surface area contributed by atoms with Crippen LogP contribution in [0.5, 0.6) is 17.2 Å². The van der Waals surface area contributed by atoms with Crippen molar-refractivity contribution in [2.75, 3.05) is 25.9 Å². The summed E-state index contributed by atoms with van der Waals surface area (Å²) in [6, 6.07) is 24.1. The molecule has 1 fully saturated rings. The summed E-state index contributed by atoms with van der Waals surface area (Å²) in [6.07, 6.45) is 8.41. The van der Waals surface area contributed by atoms with Gasteiger partial charge in [0.25, 0.3) is 10.2 Å². The third-order valence-electron chi connectivity index (χ3n) is 7.86. The van der Waals surface area contributed by atoms with Crippen LogP contribution in [-0.2, 0) is 26.8 Å². The molecule has 3 aromatic carbocycles. The molecule has 244 valence electrons. The molecule has 1 aromatic heterocycles. The van der Waals surface area contributed by atoms with Crippen molar-refractivity contribution >= 4 is 26.1 Å². The van der Waals surface area contributed by atoms with Gasteiger partial charge in [-0.1, -0.05) is 34.0 Å². The summed E-state index contributed by atoms with van der Waals surface area (Å²) >= 11 is 0. The Labute approximate surface area is 270 Å². The number of anilines is 1. The molecule has 0 amide bonds. The molecule has 0 bridgehead atoms. The second-order valence-electron chi connectivity index (χ2n) is 10.9. The number of nitrogens with zero attached hydrogens (tertiary/aromatic N) is 2. The summed E-state index contributed by atoms with van der Waals surface area (Å²) in [6.45, 7) is 0. The third kappa shape index (κ3) is 8.15. The van der Waals surface area contributed by atoms with Gasteiger partial charge in [-0.05, 0) is 96.5 Å². The summed E-state index contributed by atoms with van der Waals surface area (Å²) in [5, 5.41) is 0. The Morgan fingerprint density at radius 3 is 2.09 bits per heavy atom. The van der Waals surface area contributed by atoms with Gasteiger partial charge in [0.05, 0.1) is 13.2 Å². The van der Waals surface area contributed by atoms with Gasteiger partial charge < -0.3 is 14.2 Å². The van der Waals surface area contributed by atoms with Crippen LogP contribution in [0, 0.1) is 0 Å². The van der Waals surface area contributed by atoms with Crippen molar-refractivity contribution in [1.82, 2.24) is 13.4 Å². The highest BCUT2D eigenvalue weighted by atomic mass is 32.3. The van der Waals surface area contributed by atoms with Crippen molar-refractivity contribution in [2.45, 2.75) is 44.3 Å². The van der Waals surface area contributed by atoms with E-state index in [2.05, 4.69) is 9.71 Å². The van der Waals surface area contributed by atoms with Gasteiger partial charge in [-0.3, -0.25) is 9.71 Å². The van der Waals surface area contributed by atoms with Gasteiger partial charge in [0.2, 0.25) is 0 Å². The molecule has 1 aliphatic rings. The van der Waals surface area contributed by atoms with E-state index >= 15 is 0 Å². The van der Waals surface area contributed by atoms with Gasteiger partial charge in [-0.25, -0.2) is 4.72 Å². The first-order chi connectivity index (χ1) is 22.1. The number of hydrogen-bond acceptors (Lipinski definition) is 8. The van der Waals surface area contributed by atoms with Crippen molar-refractivity contribution < 1.29 is 31.0 Å². The summed E-state index contributed by atoms with van der Waals surface area (Å²) in [5.74, 6) is 2.08. The Bertz CT molecular complexity index is 1810. The summed E-state index contributed by atoms with van der Waals surface area (Å²) < 4.78 is 71.9. The van der Waals surface area contributed by atoms with E-state index in [-0.39, 0.29) is 21.6 Å². The van der Waals surface area contributed by atoms with Crippen LogP contribution < -0.4 is 23.7 Å². The number of rotatable bonds is 14. The molecule has 1 atom stereocenters. The maximum absolute atomic E-state index is 12.5. The Kier molecular flexibility index (Phi) is 10.5. The maximum atomic E-state index is 12.5. The Morgan fingerprint density at radius 1 is 0.848 bits per heavy atom. The fraction of sp³-hybridized carbons (Fsp3) is 0.303. The van der Waals surface area contributed by atoms with Crippen molar-refractivity contribution in [1.29, 1.82) is 0 Å². The van der Waals surface area contributed by atoms with E-state index in [1.165, 1.54) is 12.8 Å². The number of pyridine rings is 1. The lowest BCUT2D eigenvalue weighted by Crippen LogP contribution is -2.42. The highest BCUT2D eigenvalue weighted by Crippen LogP contribution is 2.36. The van der Waals surface area contributed by atoms with E-state index in [9.17, 15) is 16.8 Å². The molecular formula is C33H38N4O7S2. The van der Waals surface area contributed by atoms with Crippen molar-refractivity contribution in [3.8, 4) is 28.4 Å². The number of aromatic nitrogens is 1. The summed E-state index contributed by atoms with van der Waals surface area (Å²) in [5.41, 5.74) is 3.98. The molecular weight excluding hydrogens is 629 g/mol. The van der Waals surface area contributed by atoms with Gasteiger partial charge in [-0.15, -0.1) is 0 Å². The van der Waals surface area contributed by atoms with Gasteiger partial charge in [0.15, 0.2) is 11.5 Å². The molecule has 1 saturated carbocycles. The minimum absolute atomic E-state index is 0.182. The van der Waals surface area contributed by atoms with E-state index in [0.717, 1.165) is 49.2 Å². The monoisotopic (exact) mass is 666 g/mol. The third-order valence-corrected chi connectivity index (χ3v) is 11.4. The summed E-state index contributed by atoms with van der Waals surface area (Å²) in [7, 11) is -4.79. The van der Waals surface area contributed by atoms with Crippen LogP contribution in [0.2, 0.25) is 0 Å². The predicted octanol–water partition coefficient (Wildman–Crippen LogP) is 5.49. The first-order valence-electron chi connectivity index (χ1n) is 14.9. The van der Waals surface area contributed by atoms with Gasteiger partial charge in [0, 0.05) is 38.6 Å². The number of nitrogens with one attached hydrogen (secondary N) is 2. The normalized spacial score (nSPS) is 14.6. The number of methoxy groups -OCH3 is 1. The van der Waals surface area contributed by atoms with E-state index in [1.807, 2.05) is 59.3 Å². The van der Waals surface area contributed by atoms with E-state index in [4.69, 9.17) is 14.2 Å². The first-order valence-corrected chi connectivity index (χ1v) is 17.8. The Morgan fingerprint density at radius 2 is 1.48 bits per heavy atom. The molecule has 11 nitrogen and oxygen atoms in total. The number of hydrogen-bond donors (Lipinski definition) is 2. The van der Waals surface area contributed by atoms with Crippen LogP contribution in [0.4, 0.5) is 5.69 Å². The highest BCUT2D eigenvalue weighted by molar-refractivity contribution is 8.03. The molecule has 13 heteroatoms. The van der Waals surface area contributed by atoms with Crippen LogP contribution in [0.15, 0.2) is 91.3 Å². The van der Waals surface area contributed by atoms with E-state index in [0.29, 0.717) is 23.7 Å². The quantitative estimate of drug-likeness (QED) is 0.180. The van der Waals surface area contributed by atoms with Crippen LogP contribution >= 0.6 is 0 Å². The fourth-order valence-corrected chi connectivity index (χ4v) is 7.41. The van der Waals surface area contributed by atoms with Crippen LogP contribution in [0.25, 0.3) is 11.1 Å². The highest BCUT2D eigenvalue weighted by Gasteiger charge is 2.29. The zero-order valence-corrected chi connectivity index (χ0v) is 27.6. The lowest BCUT2D eigenvalue weighted by atomic mass is 10.0. The molecule has 0 radical (unpaired) electrons. The minimum Gasteiger partial charge on any atom is -0.493 e. The van der Waals surface area contributed by atoms with E-state index in [1.54, 1.807) is 43.8 Å².